The second-order valence-electron chi connectivity index (χ2n) is 7.70. The molecule has 0 amide bonds. The lowest BCUT2D eigenvalue weighted by Crippen LogP contribution is -2.35. The Morgan fingerprint density at radius 1 is 0.500 bits per heavy atom. The molecule has 0 atom stereocenters. The fraction of sp³-hybridized carbons (Fsp3) is 0.111. The van der Waals surface area contributed by atoms with Gasteiger partial charge in [-0.05, 0) is 48.2 Å². The van der Waals surface area contributed by atoms with Gasteiger partial charge >= 0.3 is 0 Å². The highest BCUT2D eigenvalue weighted by molar-refractivity contribution is 5.81. The number of fused-ring (bicyclic) bond motifs is 2. The Morgan fingerprint density at radius 2 is 0.893 bits per heavy atom. The van der Waals surface area contributed by atoms with Crippen molar-refractivity contribution in [2.45, 2.75) is 19.3 Å². The lowest BCUT2D eigenvalue weighted by atomic mass is 9.63. The van der Waals surface area contributed by atoms with Gasteiger partial charge in [0.05, 0.1) is 5.41 Å². The van der Waals surface area contributed by atoms with E-state index in [4.69, 9.17) is 0 Å². The van der Waals surface area contributed by atoms with Crippen molar-refractivity contribution in [1.82, 2.24) is 0 Å². The van der Waals surface area contributed by atoms with Gasteiger partial charge in [0.1, 0.15) is 0 Å². The van der Waals surface area contributed by atoms with Crippen molar-refractivity contribution in [2.24, 2.45) is 0 Å². The molecule has 0 saturated heterocycles. The number of rotatable bonds is 2. The number of aryl methyl sites for hydroxylation is 2. The summed E-state index contributed by atoms with van der Waals surface area (Å²) >= 11 is 0. The minimum Gasteiger partial charge on any atom is -0.355 e. The number of hydrogen-bond donors (Lipinski definition) is 1. The standard InChI is InChI=1S/C27H23N/c1-19-11-15-21(16-12-19)27(22-17-13-20(2)14-18-22)23-7-3-5-9-25(23)28-26-10-6-4-8-24(26)27/h3-18,28H,1-2H3. The largest absolute Gasteiger partial charge is 0.355 e. The van der Waals surface area contributed by atoms with Gasteiger partial charge in [0, 0.05) is 11.4 Å². The SMILES string of the molecule is Cc1ccc(C2(c3ccc(C)cc3)c3ccccc3Nc3ccccc32)cc1. The molecule has 0 spiro atoms. The van der Waals surface area contributed by atoms with Gasteiger partial charge in [-0.3, -0.25) is 0 Å². The number of benzene rings is 4. The topological polar surface area (TPSA) is 12.0 Å². The highest BCUT2D eigenvalue weighted by Crippen LogP contribution is 2.53. The molecule has 4 aromatic carbocycles. The molecular formula is C27H23N. The summed E-state index contributed by atoms with van der Waals surface area (Å²) in [6.45, 7) is 4.29. The summed E-state index contributed by atoms with van der Waals surface area (Å²) in [4.78, 5) is 0. The predicted octanol–water partition coefficient (Wildman–Crippen LogP) is 6.74. The second-order valence-corrected chi connectivity index (χ2v) is 7.70. The normalized spacial score (nSPS) is 13.9. The molecule has 0 fully saturated rings. The van der Waals surface area contributed by atoms with E-state index in [1.165, 1.54) is 44.8 Å². The van der Waals surface area contributed by atoms with E-state index in [9.17, 15) is 0 Å². The van der Waals surface area contributed by atoms with Crippen molar-refractivity contribution in [3.8, 4) is 0 Å². The Hall–Kier alpha value is -3.32. The van der Waals surface area contributed by atoms with Gasteiger partial charge in [0.25, 0.3) is 0 Å². The summed E-state index contributed by atoms with van der Waals surface area (Å²) in [5, 5.41) is 3.66. The molecule has 28 heavy (non-hydrogen) atoms. The number of anilines is 2. The van der Waals surface area contributed by atoms with Crippen LogP contribution in [-0.4, -0.2) is 0 Å². The van der Waals surface area contributed by atoms with Crippen LogP contribution in [0.15, 0.2) is 97.1 Å². The third kappa shape index (κ3) is 2.40. The van der Waals surface area contributed by atoms with Gasteiger partial charge < -0.3 is 5.32 Å². The van der Waals surface area contributed by atoms with Crippen LogP contribution < -0.4 is 5.32 Å². The molecule has 4 aromatic rings. The third-order valence-electron chi connectivity index (χ3n) is 5.90. The minimum atomic E-state index is -0.347. The van der Waals surface area contributed by atoms with E-state index in [0.29, 0.717) is 0 Å². The summed E-state index contributed by atoms with van der Waals surface area (Å²) < 4.78 is 0. The van der Waals surface area contributed by atoms with Crippen LogP contribution in [0.1, 0.15) is 33.4 Å². The molecule has 0 unspecified atom stereocenters. The van der Waals surface area contributed by atoms with E-state index in [-0.39, 0.29) is 5.41 Å². The number of para-hydroxylation sites is 2. The van der Waals surface area contributed by atoms with Crippen molar-refractivity contribution < 1.29 is 0 Å². The van der Waals surface area contributed by atoms with Gasteiger partial charge in [-0.2, -0.15) is 0 Å². The molecular weight excluding hydrogens is 338 g/mol. The van der Waals surface area contributed by atoms with E-state index >= 15 is 0 Å². The lowest BCUT2D eigenvalue weighted by molar-refractivity contribution is 0.740. The first-order valence-electron chi connectivity index (χ1n) is 9.80. The van der Waals surface area contributed by atoms with E-state index < -0.39 is 0 Å². The minimum absolute atomic E-state index is 0.347. The molecule has 1 heteroatoms. The van der Waals surface area contributed by atoms with E-state index in [2.05, 4.69) is 116 Å². The van der Waals surface area contributed by atoms with Crippen LogP contribution in [-0.2, 0) is 5.41 Å². The average molecular weight is 361 g/mol. The maximum absolute atomic E-state index is 3.66. The van der Waals surface area contributed by atoms with Crippen LogP contribution in [0.2, 0.25) is 0 Å². The van der Waals surface area contributed by atoms with Gasteiger partial charge in [-0.25, -0.2) is 0 Å². The molecule has 0 saturated carbocycles. The van der Waals surface area contributed by atoms with Crippen molar-refractivity contribution in [3.63, 3.8) is 0 Å². The van der Waals surface area contributed by atoms with Crippen molar-refractivity contribution in [1.29, 1.82) is 0 Å². The molecule has 1 aliphatic rings. The molecule has 1 nitrogen and oxygen atoms in total. The summed E-state index contributed by atoms with van der Waals surface area (Å²) in [5.74, 6) is 0. The van der Waals surface area contributed by atoms with Crippen LogP contribution in [0, 0.1) is 13.8 Å². The van der Waals surface area contributed by atoms with Crippen LogP contribution in [0.5, 0.6) is 0 Å². The van der Waals surface area contributed by atoms with Gasteiger partial charge in [-0.15, -0.1) is 0 Å². The molecule has 136 valence electrons. The second kappa shape index (κ2) is 6.38. The van der Waals surface area contributed by atoms with Crippen molar-refractivity contribution >= 4 is 11.4 Å². The lowest BCUT2D eigenvalue weighted by Gasteiger charge is -2.42. The average Bonchev–Trinajstić information content (AvgIpc) is 2.73. The quantitative estimate of drug-likeness (QED) is 0.367. The summed E-state index contributed by atoms with van der Waals surface area (Å²) in [6, 6.07) is 35.4. The Kier molecular flexibility index (Phi) is 3.84. The summed E-state index contributed by atoms with van der Waals surface area (Å²) in [5.41, 5.74) is 9.72. The van der Waals surface area contributed by atoms with E-state index in [0.717, 1.165) is 0 Å². The Balaban J connectivity index is 1.94. The molecule has 0 aliphatic carbocycles. The van der Waals surface area contributed by atoms with Crippen molar-refractivity contribution in [3.05, 3.63) is 130 Å². The Bertz CT molecular complexity index is 1040. The fourth-order valence-corrected chi connectivity index (χ4v) is 4.52. The van der Waals surface area contributed by atoms with E-state index in [1.54, 1.807) is 0 Å². The molecule has 0 bridgehead atoms. The first-order valence-corrected chi connectivity index (χ1v) is 9.80. The zero-order valence-corrected chi connectivity index (χ0v) is 16.2. The molecule has 5 rings (SSSR count). The van der Waals surface area contributed by atoms with Crippen LogP contribution in [0.25, 0.3) is 0 Å². The van der Waals surface area contributed by atoms with Crippen LogP contribution >= 0.6 is 0 Å². The van der Waals surface area contributed by atoms with Crippen LogP contribution in [0.3, 0.4) is 0 Å². The van der Waals surface area contributed by atoms with Crippen molar-refractivity contribution in [2.75, 3.05) is 5.32 Å². The highest BCUT2D eigenvalue weighted by Gasteiger charge is 2.43. The maximum atomic E-state index is 3.66. The maximum Gasteiger partial charge on any atom is 0.0741 e. The van der Waals surface area contributed by atoms with Gasteiger partial charge in [0.2, 0.25) is 0 Å². The predicted molar refractivity (Wildman–Crippen MR) is 118 cm³/mol. The summed E-state index contributed by atoms with van der Waals surface area (Å²) in [7, 11) is 0. The van der Waals surface area contributed by atoms with E-state index in [1.807, 2.05) is 0 Å². The molecule has 0 aromatic heterocycles. The zero-order valence-electron chi connectivity index (χ0n) is 16.2. The fourth-order valence-electron chi connectivity index (χ4n) is 4.52. The zero-order chi connectivity index (χ0) is 19.1. The highest BCUT2D eigenvalue weighted by atomic mass is 14.9. The van der Waals surface area contributed by atoms with Gasteiger partial charge in [-0.1, -0.05) is 96.1 Å². The first kappa shape index (κ1) is 16.8. The smallest absolute Gasteiger partial charge is 0.0741 e. The molecule has 1 heterocycles. The molecule has 1 N–H and O–H groups in total. The van der Waals surface area contributed by atoms with Crippen LogP contribution in [0.4, 0.5) is 11.4 Å². The number of nitrogens with one attached hydrogen (secondary N) is 1. The molecule has 1 aliphatic heterocycles. The Labute approximate surface area is 166 Å². The first-order chi connectivity index (χ1) is 13.7. The monoisotopic (exact) mass is 361 g/mol. The molecule has 0 radical (unpaired) electrons. The number of hydrogen-bond acceptors (Lipinski definition) is 1. The third-order valence-corrected chi connectivity index (χ3v) is 5.90. The summed E-state index contributed by atoms with van der Waals surface area (Å²) in [6.07, 6.45) is 0. The van der Waals surface area contributed by atoms with Gasteiger partial charge in [0.15, 0.2) is 0 Å². The Morgan fingerprint density at radius 3 is 1.32 bits per heavy atom.